The number of carboxylic acid groups (broad SMARTS) is 1. The average molecular weight is 219 g/mol. The van der Waals surface area contributed by atoms with Gasteiger partial charge in [0.05, 0.1) is 5.56 Å². The molecule has 0 radical (unpaired) electrons. The molecule has 84 valence electrons. The van der Waals surface area contributed by atoms with Gasteiger partial charge in [0, 0.05) is 20.2 Å². The van der Waals surface area contributed by atoms with Crippen LogP contribution < -0.4 is 0 Å². The summed E-state index contributed by atoms with van der Waals surface area (Å²) in [6.07, 6.45) is 3.09. The van der Waals surface area contributed by atoms with E-state index in [1.807, 2.05) is 0 Å². The van der Waals surface area contributed by atoms with E-state index in [-0.39, 0.29) is 11.5 Å². The lowest BCUT2D eigenvalue weighted by Crippen LogP contribution is -2.18. The zero-order valence-corrected chi connectivity index (χ0v) is 9.18. The van der Waals surface area contributed by atoms with Gasteiger partial charge in [0.2, 0.25) is 5.91 Å². The lowest BCUT2D eigenvalue weighted by molar-refractivity contribution is -0.123. The number of carbonyl (C=O) groups is 2. The molecule has 0 saturated carbocycles. The van der Waals surface area contributed by atoms with E-state index in [1.54, 1.807) is 32.3 Å². The van der Waals surface area contributed by atoms with E-state index in [4.69, 9.17) is 5.11 Å². The van der Waals surface area contributed by atoms with Crippen molar-refractivity contribution in [3.8, 4) is 0 Å². The van der Waals surface area contributed by atoms with Gasteiger partial charge < -0.3 is 10.0 Å². The van der Waals surface area contributed by atoms with Crippen LogP contribution in [0.5, 0.6) is 0 Å². The normalized spacial score (nSPS) is 10.4. The van der Waals surface area contributed by atoms with E-state index < -0.39 is 5.97 Å². The fourth-order valence-electron chi connectivity index (χ4n) is 1.05. The fraction of sp³-hybridized carbons (Fsp3) is 0.167. The van der Waals surface area contributed by atoms with Crippen molar-refractivity contribution in [3.63, 3.8) is 0 Å². The minimum Gasteiger partial charge on any atom is -0.478 e. The van der Waals surface area contributed by atoms with Crippen molar-refractivity contribution >= 4 is 18.0 Å². The van der Waals surface area contributed by atoms with Gasteiger partial charge in [0.15, 0.2) is 0 Å². The first-order valence-electron chi connectivity index (χ1n) is 4.73. The monoisotopic (exact) mass is 219 g/mol. The first-order valence-corrected chi connectivity index (χ1v) is 4.73. The molecule has 0 aliphatic heterocycles. The predicted molar refractivity (Wildman–Crippen MR) is 61.1 cm³/mol. The lowest BCUT2D eigenvalue weighted by Gasteiger charge is -2.05. The van der Waals surface area contributed by atoms with E-state index in [0.29, 0.717) is 0 Å². The maximum atomic E-state index is 11.2. The molecule has 4 heteroatoms. The van der Waals surface area contributed by atoms with Gasteiger partial charge in [-0.1, -0.05) is 12.1 Å². The SMILES string of the molecule is CN(C)C(=O)C=Cc1ccc(C(=O)O)cc1. The molecule has 1 rings (SSSR count). The van der Waals surface area contributed by atoms with Crippen molar-refractivity contribution in [3.05, 3.63) is 41.5 Å². The predicted octanol–water partition coefficient (Wildman–Crippen LogP) is 1.49. The Bertz CT molecular complexity index is 418. The highest BCUT2D eigenvalue weighted by atomic mass is 16.4. The zero-order valence-electron chi connectivity index (χ0n) is 9.18. The second-order valence-electron chi connectivity index (χ2n) is 3.49. The molecule has 0 aliphatic rings. The van der Waals surface area contributed by atoms with Crippen molar-refractivity contribution in [2.45, 2.75) is 0 Å². The molecular formula is C12H13NO3. The number of likely N-dealkylation sites (N-methyl/N-ethyl adjacent to an activating group) is 1. The van der Waals surface area contributed by atoms with Gasteiger partial charge in [-0.15, -0.1) is 0 Å². The fourth-order valence-corrected chi connectivity index (χ4v) is 1.05. The van der Waals surface area contributed by atoms with Crippen molar-refractivity contribution in [1.82, 2.24) is 4.90 Å². The van der Waals surface area contributed by atoms with Crippen LogP contribution in [0.4, 0.5) is 0 Å². The molecule has 1 aromatic rings. The van der Waals surface area contributed by atoms with Crippen LogP contribution in [-0.4, -0.2) is 36.0 Å². The van der Waals surface area contributed by atoms with Crippen LogP contribution in [0.25, 0.3) is 6.08 Å². The van der Waals surface area contributed by atoms with Crippen molar-refractivity contribution in [1.29, 1.82) is 0 Å². The smallest absolute Gasteiger partial charge is 0.335 e. The topological polar surface area (TPSA) is 57.6 Å². The Balaban J connectivity index is 2.76. The van der Waals surface area contributed by atoms with Crippen LogP contribution >= 0.6 is 0 Å². The molecule has 1 aromatic carbocycles. The summed E-state index contributed by atoms with van der Waals surface area (Å²) in [4.78, 5) is 23.3. The highest BCUT2D eigenvalue weighted by Crippen LogP contribution is 2.06. The Kier molecular flexibility index (Phi) is 3.83. The number of hydrogen-bond acceptors (Lipinski definition) is 2. The average Bonchev–Trinajstić information content (AvgIpc) is 2.26. The van der Waals surface area contributed by atoms with Gasteiger partial charge >= 0.3 is 5.97 Å². The summed E-state index contributed by atoms with van der Waals surface area (Å²) < 4.78 is 0. The minimum absolute atomic E-state index is 0.109. The molecule has 1 amide bonds. The number of rotatable bonds is 3. The van der Waals surface area contributed by atoms with Crippen molar-refractivity contribution in [2.24, 2.45) is 0 Å². The second-order valence-corrected chi connectivity index (χ2v) is 3.49. The molecule has 4 nitrogen and oxygen atoms in total. The highest BCUT2D eigenvalue weighted by molar-refractivity contribution is 5.92. The van der Waals surface area contributed by atoms with Gasteiger partial charge in [-0.3, -0.25) is 4.79 Å². The van der Waals surface area contributed by atoms with E-state index in [2.05, 4.69) is 0 Å². The molecule has 0 fully saturated rings. The largest absolute Gasteiger partial charge is 0.478 e. The van der Waals surface area contributed by atoms with Crippen LogP contribution in [0, 0.1) is 0 Å². The van der Waals surface area contributed by atoms with Crippen LogP contribution in [0.15, 0.2) is 30.3 Å². The Morgan fingerprint density at radius 2 is 1.75 bits per heavy atom. The lowest BCUT2D eigenvalue weighted by atomic mass is 10.1. The van der Waals surface area contributed by atoms with Gasteiger partial charge in [0.1, 0.15) is 0 Å². The minimum atomic E-state index is -0.958. The highest BCUT2D eigenvalue weighted by Gasteiger charge is 2.01. The number of hydrogen-bond donors (Lipinski definition) is 1. The van der Waals surface area contributed by atoms with Gasteiger partial charge in [0.25, 0.3) is 0 Å². The summed E-state index contributed by atoms with van der Waals surface area (Å²) >= 11 is 0. The third-order valence-electron chi connectivity index (χ3n) is 2.02. The Labute approximate surface area is 93.8 Å². The molecule has 0 heterocycles. The van der Waals surface area contributed by atoms with E-state index in [0.717, 1.165) is 5.56 Å². The molecule has 0 atom stereocenters. The first-order chi connectivity index (χ1) is 7.50. The number of nitrogens with zero attached hydrogens (tertiary/aromatic N) is 1. The zero-order chi connectivity index (χ0) is 12.1. The standard InChI is InChI=1S/C12H13NO3/c1-13(2)11(14)8-5-9-3-6-10(7-4-9)12(15)16/h3-8H,1-2H3,(H,15,16). The van der Waals surface area contributed by atoms with Crippen molar-refractivity contribution < 1.29 is 14.7 Å². The summed E-state index contributed by atoms with van der Waals surface area (Å²) in [6, 6.07) is 6.32. The van der Waals surface area contributed by atoms with E-state index >= 15 is 0 Å². The number of amides is 1. The van der Waals surface area contributed by atoms with Crippen LogP contribution in [0.2, 0.25) is 0 Å². The summed E-state index contributed by atoms with van der Waals surface area (Å²) in [5.41, 5.74) is 1.02. The number of aromatic carboxylic acids is 1. The maximum Gasteiger partial charge on any atom is 0.335 e. The van der Waals surface area contributed by atoms with E-state index in [1.165, 1.54) is 23.1 Å². The molecular weight excluding hydrogens is 206 g/mol. The Morgan fingerprint density at radius 3 is 2.19 bits per heavy atom. The van der Waals surface area contributed by atoms with Crippen LogP contribution in [-0.2, 0) is 4.79 Å². The third kappa shape index (κ3) is 3.24. The summed E-state index contributed by atoms with van der Waals surface area (Å²) in [7, 11) is 3.33. The Morgan fingerprint density at radius 1 is 1.19 bits per heavy atom. The molecule has 0 spiro atoms. The quantitative estimate of drug-likeness (QED) is 0.783. The van der Waals surface area contributed by atoms with Gasteiger partial charge in [-0.25, -0.2) is 4.79 Å². The third-order valence-corrected chi connectivity index (χ3v) is 2.02. The Hall–Kier alpha value is -2.10. The molecule has 0 aromatic heterocycles. The first kappa shape index (κ1) is 12.0. The molecule has 16 heavy (non-hydrogen) atoms. The van der Waals surface area contributed by atoms with Crippen molar-refractivity contribution in [2.75, 3.05) is 14.1 Å². The van der Waals surface area contributed by atoms with Gasteiger partial charge in [-0.05, 0) is 23.8 Å². The van der Waals surface area contributed by atoms with Gasteiger partial charge in [-0.2, -0.15) is 0 Å². The molecule has 0 bridgehead atoms. The second kappa shape index (κ2) is 5.11. The number of benzene rings is 1. The summed E-state index contributed by atoms with van der Waals surface area (Å²) in [6.45, 7) is 0. The van der Waals surface area contributed by atoms with Crippen LogP contribution in [0.3, 0.4) is 0 Å². The number of carbonyl (C=O) groups excluding carboxylic acids is 1. The molecule has 0 unspecified atom stereocenters. The van der Waals surface area contributed by atoms with E-state index in [9.17, 15) is 9.59 Å². The van der Waals surface area contributed by atoms with Crippen LogP contribution in [0.1, 0.15) is 15.9 Å². The number of carboxylic acids is 1. The molecule has 0 saturated heterocycles. The molecule has 0 aliphatic carbocycles. The molecule has 1 N–H and O–H groups in total. The maximum absolute atomic E-state index is 11.2. The summed E-state index contributed by atoms with van der Waals surface area (Å²) in [5.74, 6) is -1.07. The summed E-state index contributed by atoms with van der Waals surface area (Å²) in [5, 5.41) is 8.69.